The Labute approximate surface area is 137 Å². The minimum Gasteiger partial charge on any atom is -0.378 e. The average molecular weight is 333 g/mol. The van der Waals surface area contributed by atoms with Crippen LogP contribution < -0.4 is 10.2 Å². The van der Waals surface area contributed by atoms with Crippen molar-refractivity contribution in [1.82, 2.24) is 15.2 Å². The number of morpholine rings is 1. The first kappa shape index (κ1) is 17.0. The summed E-state index contributed by atoms with van der Waals surface area (Å²) < 4.78 is 5.39. The molecule has 5 nitrogen and oxygen atoms in total. The zero-order valence-electron chi connectivity index (χ0n) is 12.6. The van der Waals surface area contributed by atoms with Gasteiger partial charge in [0.25, 0.3) is 0 Å². The first-order valence-corrected chi connectivity index (χ1v) is 8.34. The molecule has 0 aromatic carbocycles. The molecule has 0 amide bonds. The molecule has 1 N–H and O–H groups in total. The van der Waals surface area contributed by atoms with Crippen LogP contribution in [0.1, 0.15) is 17.7 Å². The van der Waals surface area contributed by atoms with E-state index in [1.807, 2.05) is 11.3 Å². The van der Waals surface area contributed by atoms with Gasteiger partial charge < -0.3 is 15.0 Å². The van der Waals surface area contributed by atoms with E-state index in [0.29, 0.717) is 6.04 Å². The Morgan fingerprint density at radius 2 is 2.19 bits per heavy atom. The third kappa shape index (κ3) is 4.53. The highest BCUT2D eigenvalue weighted by Gasteiger charge is 2.20. The molecule has 0 bridgehead atoms. The number of nitrogens with one attached hydrogen (secondary N) is 1. The maximum atomic E-state index is 5.39. The minimum absolute atomic E-state index is 0. The molecule has 3 rings (SSSR count). The zero-order valence-corrected chi connectivity index (χ0v) is 14.2. The summed E-state index contributed by atoms with van der Waals surface area (Å²) in [6, 6.07) is 0.649. The lowest BCUT2D eigenvalue weighted by Crippen LogP contribution is -2.43. The van der Waals surface area contributed by atoms with Gasteiger partial charge in [0.1, 0.15) is 0 Å². The summed E-state index contributed by atoms with van der Waals surface area (Å²) in [6.45, 7) is 7.00. The Morgan fingerprint density at radius 1 is 1.38 bits per heavy atom. The molecule has 21 heavy (non-hydrogen) atoms. The fourth-order valence-electron chi connectivity index (χ4n) is 2.93. The highest BCUT2D eigenvalue weighted by Crippen LogP contribution is 2.25. The van der Waals surface area contributed by atoms with Gasteiger partial charge in [-0.25, -0.2) is 4.98 Å². The Balaban J connectivity index is 0.00000161. The molecule has 1 atom stereocenters. The van der Waals surface area contributed by atoms with Crippen LogP contribution in [-0.4, -0.2) is 62.4 Å². The lowest BCUT2D eigenvalue weighted by atomic mass is 10.1. The van der Waals surface area contributed by atoms with Crippen LogP contribution in [0, 0.1) is 0 Å². The van der Waals surface area contributed by atoms with Crippen LogP contribution in [0.2, 0.25) is 0 Å². The Hall–Kier alpha value is -0.400. The molecule has 1 aromatic rings. The summed E-state index contributed by atoms with van der Waals surface area (Å²) in [5.74, 6) is 0. The smallest absolute Gasteiger partial charge is 0.185 e. The highest BCUT2D eigenvalue weighted by molar-refractivity contribution is 7.15. The standard InChI is InChI=1S/C14H24N4OS.ClH/c1-15-12-3-2-4-17(10-12)11-13-9-16-14(20-13)18-5-7-19-8-6-18;/h9,12,15H,2-8,10-11H2,1H3;1H. The van der Waals surface area contributed by atoms with Gasteiger partial charge in [-0.3, -0.25) is 4.90 Å². The number of nitrogens with zero attached hydrogens (tertiary/aromatic N) is 3. The number of hydrogen-bond acceptors (Lipinski definition) is 6. The van der Waals surface area contributed by atoms with Gasteiger partial charge in [-0.2, -0.15) is 0 Å². The van der Waals surface area contributed by atoms with Crippen LogP contribution in [0.3, 0.4) is 0 Å². The lowest BCUT2D eigenvalue weighted by molar-refractivity contribution is 0.122. The summed E-state index contributed by atoms with van der Waals surface area (Å²) in [5.41, 5.74) is 0. The van der Waals surface area contributed by atoms with Crippen LogP contribution in [0.4, 0.5) is 5.13 Å². The first-order chi connectivity index (χ1) is 9.85. The van der Waals surface area contributed by atoms with E-state index in [9.17, 15) is 0 Å². The number of likely N-dealkylation sites (N-methyl/N-ethyl adjacent to an activating group) is 1. The molecular weight excluding hydrogens is 308 g/mol. The molecule has 0 aliphatic carbocycles. The minimum atomic E-state index is 0. The highest BCUT2D eigenvalue weighted by atomic mass is 35.5. The topological polar surface area (TPSA) is 40.6 Å². The van der Waals surface area contributed by atoms with Crippen LogP contribution in [0.5, 0.6) is 0 Å². The average Bonchev–Trinajstić information content (AvgIpc) is 2.97. The molecule has 0 spiro atoms. The first-order valence-electron chi connectivity index (χ1n) is 7.52. The second kappa shape index (κ2) is 8.29. The van der Waals surface area contributed by atoms with Crippen LogP contribution in [0.25, 0.3) is 0 Å². The number of ether oxygens (including phenoxy) is 1. The van der Waals surface area contributed by atoms with Crippen molar-refractivity contribution in [3.8, 4) is 0 Å². The van der Waals surface area contributed by atoms with Crippen molar-refractivity contribution in [3.63, 3.8) is 0 Å². The molecule has 1 aromatic heterocycles. The van der Waals surface area contributed by atoms with E-state index in [1.165, 1.54) is 24.3 Å². The number of likely N-dealkylation sites (tertiary alicyclic amines) is 1. The molecule has 1 unspecified atom stereocenters. The predicted octanol–water partition coefficient (Wildman–Crippen LogP) is 1.59. The fourth-order valence-corrected chi connectivity index (χ4v) is 3.93. The number of thiazole rings is 1. The van der Waals surface area contributed by atoms with Crippen molar-refractivity contribution < 1.29 is 4.74 Å². The molecule has 120 valence electrons. The number of hydrogen-bond donors (Lipinski definition) is 1. The van der Waals surface area contributed by atoms with E-state index in [0.717, 1.165) is 44.5 Å². The zero-order chi connectivity index (χ0) is 13.8. The third-order valence-corrected chi connectivity index (χ3v) is 5.16. The van der Waals surface area contributed by atoms with Crippen LogP contribution >= 0.6 is 23.7 Å². The molecule has 0 saturated carbocycles. The molecular formula is C14H25ClN4OS. The van der Waals surface area contributed by atoms with Gasteiger partial charge in [0.2, 0.25) is 0 Å². The van der Waals surface area contributed by atoms with Gasteiger partial charge in [-0.05, 0) is 26.4 Å². The second-order valence-electron chi connectivity index (χ2n) is 5.57. The summed E-state index contributed by atoms with van der Waals surface area (Å²) in [7, 11) is 2.07. The number of piperidine rings is 1. The van der Waals surface area contributed by atoms with Crippen molar-refractivity contribution in [2.45, 2.75) is 25.4 Å². The van der Waals surface area contributed by atoms with Gasteiger partial charge in [-0.15, -0.1) is 23.7 Å². The van der Waals surface area contributed by atoms with Crippen molar-refractivity contribution in [1.29, 1.82) is 0 Å². The van der Waals surface area contributed by atoms with Crippen molar-refractivity contribution in [2.75, 3.05) is 51.3 Å². The number of anilines is 1. The van der Waals surface area contributed by atoms with E-state index < -0.39 is 0 Å². The van der Waals surface area contributed by atoms with E-state index in [-0.39, 0.29) is 12.4 Å². The predicted molar refractivity (Wildman–Crippen MR) is 89.8 cm³/mol. The van der Waals surface area contributed by atoms with Crippen molar-refractivity contribution in [2.24, 2.45) is 0 Å². The maximum Gasteiger partial charge on any atom is 0.185 e. The Morgan fingerprint density at radius 3 is 2.95 bits per heavy atom. The summed E-state index contributed by atoms with van der Waals surface area (Å²) in [6.07, 6.45) is 4.65. The molecule has 2 saturated heterocycles. The van der Waals surface area contributed by atoms with Gasteiger partial charge in [0.05, 0.1) is 13.2 Å². The van der Waals surface area contributed by atoms with E-state index in [2.05, 4.69) is 33.3 Å². The normalized spacial score (nSPS) is 23.9. The van der Waals surface area contributed by atoms with Gasteiger partial charge in [0, 0.05) is 43.3 Å². The fraction of sp³-hybridized carbons (Fsp3) is 0.786. The Bertz CT molecular complexity index is 425. The van der Waals surface area contributed by atoms with Gasteiger partial charge >= 0.3 is 0 Å². The molecule has 2 aliphatic rings. The van der Waals surface area contributed by atoms with Crippen LogP contribution in [0.15, 0.2) is 6.20 Å². The number of halogens is 1. The summed E-state index contributed by atoms with van der Waals surface area (Å²) in [4.78, 5) is 10.8. The molecule has 2 fully saturated rings. The maximum absolute atomic E-state index is 5.39. The molecule has 3 heterocycles. The molecule has 2 aliphatic heterocycles. The third-order valence-electron chi connectivity index (χ3n) is 4.12. The van der Waals surface area contributed by atoms with Gasteiger partial charge in [-0.1, -0.05) is 0 Å². The molecule has 0 radical (unpaired) electrons. The van der Waals surface area contributed by atoms with Crippen LogP contribution in [-0.2, 0) is 11.3 Å². The number of aromatic nitrogens is 1. The quantitative estimate of drug-likeness (QED) is 0.906. The van der Waals surface area contributed by atoms with E-state index in [4.69, 9.17) is 4.74 Å². The summed E-state index contributed by atoms with van der Waals surface area (Å²) >= 11 is 1.84. The lowest BCUT2D eigenvalue weighted by Gasteiger charge is -2.32. The molecule has 7 heteroatoms. The van der Waals surface area contributed by atoms with Crippen molar-refractivity contribution >= 4 is 28.9 Å². The SMILES string of the molecule is CNC1CCCN(Cc2cnc(N3CCOCC3)s2)C1.Cl. The number of rotatable bonds is 4. The monoisotopic (exact) mass is 332 g/mol. The second-order valence-corrected chi connectivity index (χ2v) is 6.67. The largest absolute Gasteiger partial charge is 0.378 e. The van der Waals surface area contributed by atoms with Gasteiger partial charge in [0.15, 0.2) is 5.13 Å². The van der Waals surface area contributed by atoms with E-state index in [1.54, 1.807) is 0 Å². The van der Waals surface area contributed by atoms with Crippen molar-refractivity contribution in [3.05, 3.63) is 11.1 Å². The Kier molecular flexibility index (Phi) is 6.70. The summed E-state index contributed by atoms with van der Waals surface area (Å²) in [5, 5.41) is 4.56. The van der Waals surface area contributed by atoms with E-state index >= 15 is 0 Å².